The molecule has 2 aromatic rings. The average molecular weight is 221 g/mol. The van der Waals surface area contributed by atoms with Gasteiger partial charge < -0.3 is 0 Å². The van der Waals surface area contributed by atoms with Crippen molar-refractivity contribution in [3.8, 4) is 0 Å². The zero-order chi connectivity index (χ0) is 10.6. The van der Waals surface area contributed by atoms with Gasteiger partial charge >= 0.3 is 0 Å². The lowest BCUT2D eigenvalue weighted by molar-refractivity contribution is 0.0878. The van der Waals surface area contributed by atoms with Crippen molar-refractivity contribution < 1.29 is 9.59 Å². The van der Waals surface area contributed by atoms with E-state index in [4.69, 9.17) is 0 Å². The van der Waals surface area contributed by atoms with Gasteiger partial charge in [0.2, 0.25) is 0 Å². The summed E-state index contributed by atoms with van der Waals surface area (Å²) in [6.07, 6.45) is 1.35. The summed E-state index contributed by atoms with van der Waals surface area (Å²) in [5, 5.41) is 2.13. The first-order valence-electron chi connectivity index (χ1n) is 4.05. The molecule has 0 fully saturated rings. The highest BCUT2D eigenvalue weighted by Gasteiger charge is 2.32. The second-order valence-corrected chi connectivity index (χ2v) is 3.94. The van der Waals surface area contributed by atoms with Crippen LogP contribution in [-0.4, -0.2) is 21.2 Å². The zero-order valence-corrected chi connectivity index (χ0v) is 8.00. The first kappa shape index (κ1) is 8.30. The molecule has 1 aliphatic rings. The maximum atomic E-state index is 11.5. The standard InChI is InChI=1S/C8H3N3O3S/c12-3-1-2-9-8-11(3)4-5(15-8)7(14)10-6(4)13/h1-2H,(H,10,13,14). The van der Waals surface area contributed by atoms with E-state index in [1.807, 2.05) is 0 Å². The van der Waals surface area contributed by atoms with E-state index in [1.54, 1.807) is 0 Å². The highest BCUT2D eigenvalue weighted by molar-refractivity contribution is 7.19. The van der Waals surface area contributed by atoms with Gasteiger partial charge in [-0.2, -0.15) is 0 Å². The predicted molar refractivity (Wildman–Crippen MR) is 51.1 cm³/mol. The lowest BCUT2D eigenvalue weighted by atomic mass is 10.4. The number of hydrogen-bond donors (Lipinski definition) is 1. The number of amides is 2. The number of imide groups is 1. The molecule has 1 N–H and O–H groups in total. The fourth-order valence-corrected chi connectivity index (χ4v) is 2.48. The molecule has 0 radical (unpaired) electrons. The van der Waals surface area contributed by atoms with Crippen LogP contribution >= 0.6 is 11.3 Å². The average Bonchev–Trinajstić information content (AvgIpc) is 2.68. The van der Waals surface area contributed by atoms with Crippen LogP contribution in [0.4, 0.5) is 0 Å². The Morgan fingerprint density at radius 3 is 2.87 bits per heavy atom. The van der Waals surface area contributed by atoms with E-state index in [-0.39, 0.29) is 16.1 Å². The Labute approximate surface area is 86.2 Å². The van der Waals surface area contributed by atoms with E-state index in [0.717, 1.165) is 15.7 Å². The molecular formula is C8H3N3O3S. The number of nitrogens with one attached hydrogen (secondary N) is 1. The number of aromatic nitrogens is 2. The predicted octanol–water partition coefficient (Wildman–Crippen LogP) is -0.360. The number of thiazole rings is 1. The number of hydrogen-bond acceptors (Lipinski definition) is 5. The Bertz CT molecular complexity index is 669. The summed E-state index contributed by atoms with van der Waals surface area (Å²) in [4.78, 5) is 38.7. The first-order valence-corrected chi connectivity index (χ1v) is 4.86. The van der Waals surface area contributed by atoms with Gasteiger partial charge in [-0.15, -0.1) is 0 Å². The number of carbonyl (C=O) groups is 2. The van der Waals surface area contributed by atoms with Crippen LogP contribution in [0.5, 0.6) is 0 Å². The van der Waals surface area contributed by atoms with Gasteiger partial charge in [0.15, 0.2) is 4.96 Å². The van der Waals surface area contributed by atoms with Gasteiger partial charge in [0.05, 0.1) is 0 Å². The third kappa shape index (κ3) is 0.922. The van der Waals surface area contributed by atoms with E-state index in [9.17, 15) is 14.4 Å². The van der Waals surface area contributed by atoms with E-state index >= 15 is 0 Å². The number of carbonyl (C=O) groups excluding carboxylic acids is 2. The van der Waals surface area contributed by atoms with Gasteiger partial charge in [0.25, 0.3) is 17.4 Å². The molecule has 2 aromatic heterocycles. The third-order valence-electron chi connectivity index (χ3n) is 2.09. The number of nitrogens with zero attached hydrogens (tertiary/aromatic N) is 2. The summed E-state index contributed by atoms with van der Waals surface area (Å²) in [6, 6.07) is 1.25. The smallest absolute Gasteiger partial charge is 0.276 e. The van der Waals surface area contributed by atoms with Crippen LogP contribution in [0.1, 0.15) is 20.2 Å². The second kappa shape index (κ2) is 2.51. The van der Waals surface area contributed by atoms with Crippen molar-refractivity contribution in [2.24, 2.45) is 0 Å². The van der Waals surface area contributed by atoms with Gasteiger partial charge in [-0.25, -0.2) is 9.38 Å². The van der Waals surface area contributed by atoms with Crippen LogP contribution in [0, 0.1) is 0 Å². The molecule has 0 bridgehead atoms. The van der Waals surface area contributed by atoms with Crippen LogP contribution in [0.3, 0.4) is 0 Å². The molecule has 3 rings (SSSR count). The first-order chi connectivity index (χ1) is 7.18. The molecule has 0 spiro atoms. The molecule has 3 heterocycles. The maximum absolute atomic E-state index is 11.5. The minimum absolute atomic E-state index is 0.0955. The molecule has 7 heteroatoms. The maximum Gasteiger partial charge on any atom is 0.276 e. The summed E-state index contributed by atoms with van der Waals surface area (Å²) in [5.41, 5.74) is -0.263. The van der Waals surface area contributed by atoms with Crippen molar-refractivity contribution in [2.75, 3.05) is 0 Å². The Balaban J connectivity index is 2.58. The fourth-order valence-electron chi connectivity index (χ4n) is 1.49. The zero-order valence-electron chi connectivity index (χ0n) is 7.18. The fraction of sp³-hybridized carbons (Fsp3) is 0. The summed E-state index contributed by atoms with van der Waals surface area (Å²) in [6.45, 7) is 0. The van der Waals surface area contributed by atoms with Crippen LogP contribution in [0.25, 0.3) is 4.96 Å². The highest BCUT2D eigenvalue weighted by atomic mass is 32.1. The van der Waals surface area contributed by atoms with Crippen molar-refractivity contribution in [1.29, 1.82) is 0 Å². The van der Waals surface area contributed by atoms with Gasteiger partial charge in [-0.05, 0) is 0 Å². The molecule has 0 saturated carbocycles. The Kier molecular flexibility index (Phi) is 1.39. The van der Waals surface area contributed by atoms with Crippen LogP contribution in [-0.2, 0) is 0 Å². The van der Waals surface area contributed by atoms with Crippen molar-refractivity contribution >= 4 is 28.1 Å². The summed E-state index contributed by atoms with van der Waals surface area (Å²) >= 11 is 1.03. The van der Waals surface area contributed by atoms with Crippen LogP contribution in [0.15, 0.2) is 17.1 Å². The van der Waals surface area contributed by atoms with Crippen molar-refractivity contribution in [1.82, 2.24) is 14.7 Å². The Hall–Kier alpha value is -2.02. The van der Waals surface area contributed by atoms with Crippen molar-refractivity contribution in [3.63, 3.8) is 0 Å². The Morgan fingerprint density at radius 1 is 1.27 bits per heavy atom. The largest absolute Gasteiger partial charge is 0.286 e. The van der Waals surface area contributed by atoms with Crippen LogP contribution < -0.4 is 10.9 Å². The SMILES string of the molecule is O=C1NC(=O)c2c1sc1nccc(=O)n21. The summed E-state index contributed by atoms with van der Waals surface area (Å²) in [7, 11) is 0. The van der Waals surface area contributed by atoms with Gasteiger partial charge in [0, 0.05) is 12.3 Å². The van der Waals surface area contributed by atoms with Gasteiger partial charge in [0.1, 0.15) is 10.6 Å². The third-order valence-corrected chi connectivity index (χ3v) is 3.15. The molecule has 0 aromatic carbocycles. The summed E-state index contributed by atoms with van der Waals surface area (Å²) in [5.74, 6) is -1.01. The molecule has 2 amide bonds. The quantitative estimate of drug-likeness (QED) is 0.616. The molecule has 6 nitrogen and oxygen atoms in total. The van der Waals surface area contributed by atoms with E-state index in [1.165, 1.54) is 12.3 Å². The van der Waals surface area contributed by atoms with Gasteiger partial charge in [-0.1, -0.05) is 11.3 Å². The lowest BCUT2D eigenvalue weighted by Gasteiger charge is -1.93. The van der Waals surface area contributed by atoms with Crippen molar-refractivity contribution in [3.05, 3.63) is 33.2 Å². The Morgan fingerprint density at radius 2 is 2.07 bits per heavy atom. The second-order valence-electron chi connectivity index (χ2n) is 2.96. The van der Waals surface area contributed by atoms with Crippen LogP contribution in [0.2, 0.25) is 0 Å². The van der Waals surface area contributed by atoms with E-state index < -0.39 is 11.8 Å². The normalized spacial score (nSPS) is 14.4. The topological polar surface area (TPSA) is 80.5 Å². The minimum atomic E-state index is -0.545. The van der Waals surface area contributed by atoms with E-state index in [0.29, 0.717) is 4.96 Å². The van der Waals surface area contributed by atoms with E-state index in [2.05, 4.69) is 10.3 Å². The van der Waals surface area contributed by atoms with Crippen molar-refractivity contribution in [2.45, 2.75) is 0 Å². The highest BCUT2D eigenvalue weighted by Crippen LogP contribution is 2.23. The lowest BCUT2D eigenvalue weighted by Crippen LogP contribution is -2.23. The molecule has 15 heavy (non-hydrogen) atoms. The molecule has 0 atom stereocenters. The number of rotatable bonds is 0. The van der Waals surface area contributed by atoms with Gasteiger partial charge in [-0.3, -0.25) is 19.7 Å². The molecule has 0 unspecified atom stereocenters. The monoisotopic (exact) mass is 221 g/mol. The molecule has 0 aliphatic carbocycles. The number of fused-ring (bicyclic) bond motifs is 3. The summed E-state index contributed by atoms with van der Waals surface area (Å²) < 4.78 is 1.15. The minimum Gasteiger partial charge on any atom is -0.286 e. The molecule has 0 saturated heterocycles. The molecular weight excluding hydrogens is 218 g/mol. The molecule has 1 aliphatic heterocycles. The molecule has 74 valence electrons.